The molecule has 110 valence electrons. The summed E-state index contributed by atoms with van der Waals surface area (Å²) >= 11 is 0. The minimum absolute atomic E-state index is 0.0190. The van der Waals surface area contributed by atoms with Gasteiger partial charge in [0.1, 0.15) is 5.82 Å². The summed E-state index contributed by atoms with van der Waals surface area (Å²) in [4.78, 5) is 13.2. The van der Waals surface area contributed by atoms with Crippen LogP contribution in [-0.4, -0.2) is 32.1 Å². The molecular formula is C15H22FN3O. The fraction of sp³-hybridized carbons (Fsp3) is 0.533. The number of carbonyl (C=O) groups excluding carboxylic acids is 1. The lowest BCUT2D eigenvalue weighted by molar-refractivity contribution is -0.119. The highest BCUT2D eigenvalue weighted by Gasteiger charge is 2.20. The SMILES string of the molecule is CNCc1cc(F)cc(N2CCC(NC(C)=O)CC2)c1. The number of anilines is 1. The molecule has 0 radical (unpaired) electrons. The number of amides is 1. The Hall–Kier alpha value is -1.62. The molecule has 5 heteroatoms. The van der Waals surface area contributed by atoms with E-state index in [1.165, 1.54) is 0 Å². The van der Waals surface area contributed by atoms with Gasteiger partial charge in [0.25, 0.3) is 0 Å². The number of benzene rings is 1. The second-order valence-electron chi connectivity index (χ2n) is 5.31. The van der Waals surface area contributed by atoms with E-state index in [-0.39, 0.29) is 17.8 Å². The molecule has 1 fully saturated rings. The van der Waals surface area contributed by atoms with E-state index >= 15 is 0 Å². The lowest BCUT2D eigenvalue weighted by Crippen LogP contribution is -2.44. The molecule has 0 atom stereocenters. The number of hydrogen-bond acceptors (Lipinski definition) is 3. The zero-order valence-electron chi connectivity index (χ0n) is 12.1. The van der Waals surface area contributed by atoms with Gasteiger partial charge in [0.2, 0.25) is 5.91 Å². The topological polar surface area (TPSA) is 44.4 Å². The smallest absolute Gasteiger partial charge is 0.217 e. The first-order valence-corrected chi connectivity index (χ1v) is 7.04. The molecule has 1 aromatic carbocycles. The van der Waals surface area contributed by atoms with Gasteiger partial charge in [-0.05, 0) is 43.7 Å². The maximum Gasteiger partial charge on any atom is 0.217 e. The van der Waals surface area contributed by atoms with Crippen molar-refractivity contribution in [2.45, 2.75) is 32.4 Å². The average molecular weight is 279 g/mol. The fourth-order valence-corrected chi connectivity index (χ4v) is 2.69. The van der Waals surface area contributed by atoms with E-state index < -0.39 is 0 Å². The summed E-state index contributed by atoms with van der Waals surface area (Å²) in [6, 6.07) is 5.41. The summed E-state index contributed by atoms with van der Waals surface area (Å²) in [6.07, 6.45) is 1.80. The van der Waals surface area contributed by atoms with E-state index in [4.69, 9.17) is 0 Å². The van der Waals surface area contributed by atoms with Crippen LogP contribution in [0.5, 0.6) is 0 Å². The van der Waals surface area contributed by atoms with Crippen molar-refractivity contribution in [2.24, 2.45) is 0 Å². The summed E-state index contributed by atoms with van der Waals surface area (Å²) < 4.78 is 13.6. The number of nitrogens with zero attached hydrogens (tertiary/aromatic N) is 1. The normalized spacial score (nSPS) is 16.2. The number of hydrogen-bond donors (Lipinski definition) is 2. The van der Waals surface area contributed by atoms with Crippen molar-refractivity contribution in [3.63, 3.8) is 0 Å². The van der Waals surface area contributed by atoms with E-state index in [1.54, 1.807) is 19.1 Å². The van der Waals surface area contributed by atoms with Gasteiger partial charge >= 0.3 is 0 Å². The zero-order chi connectivity index (χ0) is 14.5. The van der Waals surface area contributed by atoms with Crippen molar-refractivity contribution < 1.29 is 9.18 Å². The minimum Gasteiger partial charge on any atom is -0.371 e. The molecule has 1 amide bonds. The summed E-state index contributed by atoms with van der Waals surface area (Å²) in [5.41, 5.74) is 1.88. The van der Waals surface area contributed by atoms with Crippen molar-refractivity contribution >= 4 is 11.6 Å². The molecule has 0 saturated carbocycles. The predicted molar refractivity (Wildman–Crippen MR) is 78.2 cm³/mol. The second kappa shape index (κ2) is 6.70. The predicted octanol–water partition coefficient (Wildman–Crippen LogP) is 1.65. The van der Waals surface area contributed by atoms with Crippen LogP contribution < -0.4 is 15.5 Å². The highest BCUT2D eigenvalue weighted by molar-refractivity contribution is 5.73. The maximum absolute atomic E-state index is 13.6. The third-order valence-corrected chi connectivity index (χ3v) is 3.59. The van der Waals surface area contributed by atoms with Crippen molar-refractivity contribution in [1.29, 1.82) is 0 Å². The molecule has 0 spiro atoms. The molecule has 0 aromatic heterocycles. The Bertz CT molecular complexity index is 470. The van der Waals surface area contributed by atoms with Crippen LogP contribution in [0.3, 0.4) is 0 Å². The van der Waals surface area contributed by atoms with Crippen molar-refractivity contribution in [2.75, 3.05) is 25.0 Å². The molecule has 4 nitrogen and oxygen atoms in total. The van der Waals surface area contributed by atoms with Crippen LogP contribution in [0, 0.1) is 5.82 Å². The Balaban J connectivity index is 2.01. The van der Waals surface area contributed by atoms with Crippen LogP contribution in [0.1, 0.15) is 25.3 Å². The highest BCUT2D eigenvalue weighted by Crippen LogP contribution is 2.22. The van der Waals surface area contributed by atoms with E-state index in [1.807, 2.05) is 13.1 Å². The quantitative estimate of drug-likeness (QED) is 0.881. The zero-order valence-corrected chi connectivity index (χ0v) is 12.1. The molecule has 2 N–H and O–H groups in total. The molecule has 1 saturated heterocycles. The first-order chi connectivity index (χ1) is 9.58. The Morgan fingerprint density at radius 3 is 2.65 bits per heavy atom. The maximum atomic E-state index is 13.6. The lowest BCUT2D eigenvalue weighted by Gasteiger charge is -2.34. The van der Waals surface area contributed by atoms with Gasteiger partial charge in [0.15, 0.2) is 0 Å². The van der Waals surface area contributed by atoms with Crippen molar-refractivity contribution in [1.82, 2.24) is 10.6 Å². The first-order valence-electron chi connectivity index (χ1n) is 7.04. The third kappa shape index (κ3) is 3.93. The summed E-state index contributed by atoms with van der Waals surface area (Å²) in [5, 5.41) is 5.98. The number of carbonyl (C=O) groups is 1. The standard InChI is InChI=1S/C15H22FN3O/c1-11(20)18-14-3-5-19(6-4-14)15-8-12(10-17-2)7-13(16)9-15/h7-9,14,17H,3-6,10H2,1-2H3,(H,18,20). The van der Waals surface area contributed by atoms with Gasteiger partial charge in [0.05, 0.1) is 0 Å². The molecule has 0 aliphatic carbocycles. The van der Waals surface area contributed by atoms with E-state index in [2.05, 4.69) is 15.5 Å². The van der Waals surface area contributed by atoms with Crippen LogP contribution in [0.2, 0.25) is 0 Å². The van der Waals surface area contributed by atoms with Crippen LogP contribution in [0.25, 0.3) is 0 Å². The summed E-state index contributed by atoms with van der Waals surface area (Å²) in [6.45, 7) is 3.89. The Morgan fingerprint density at radius 1 is 1.35 bits per heavy atom. The third-order valence-electron chi connectivity index (χ3n) is 3.59. The number of rotatable bonds is 4. The number of nitrogens with one attached hydrogen (secondary N) is 2. The van der Waals surface area contributed by atoms with Gasteiger partial charge in [0, 0.05) is 38.3 Å². The van der Waals surface area contributed by atoms with Gasteiger partial charge in [-0.3, -0.25) is 4.79 Å². The molecule has 1 aliphatic heterocycles. The van der Waals surface area contributed by atoms with Crippen LogP contribution in [0.4, 0.5) is 10.1 Å². The van der Waals surface area contributed by atoms with Crippen LogP contribution in [0.15, 0.2) is 18.2 Å². The van der Waals surface area contributed by atoms with E-state index in [0.717, 1.165) is 37.2 Å². The second-order valence-corrected chi connectivity index (χ2v) is 5.31. The fourth-order valence-electron chi connectivity index (χ4n) is 2.69. The molecule has 0 unspecified atom stereocenters. The number of halogens is 1. The largest absolute Gasteiger partial charge is 0.371 e. The monoisotopic (exact) mass is 279 g/mol. The highest BCUT2D eigenvalue weighted by atomic mass is 19.1. The Labute approximate surface area is 119 Å². The van der Waals surface area contributed by atoms with Crippen LogP contribution in [-0.2, 0) is 11.3 Å². The summed E-state index contributed by atoms with van der Waals surface area (Å²) in [7, 11) is 1.85. The molecule has 1 aromatic rings. The van der Waals surface area contributed by atoms with Gasteiger partial charge < -0.3 is 15.5 Å². The molecule has 1 aliphatic rings. The van der Waals surface area contributed by atoms with Gasteiger partial charge in [-0.1, -0.05) is 0 Å². The van der Waals surface area contributed by atoms with Crippen molar-refractivity contribution in [3.05, 3.63) is 29.6 Å². The Morgan fingerprint density at radius 2 is 2.05 bits per heavy atom. The van der Waals surface area contributed by atoms with Crippen LogP contribution >= 0.6 is 0 Å². The molecule has 2 rings (SSSR count). The van der Waals surface area contributed by atoms with Gasteiger partial charge in [-0.25, -0.2) is 4.39 Å². The summed E-state index contributed by atoms with van der Waals surface area (Å²) in [5.74, 6) is -0.178. The molecular weight excluding hydrogens is 257 g/mol. The van der Waals surface area contributed by atoms with E-state index in [0.29, 0.717) is 6.54 Å². The average Bonchev–Trinajstić information content (AvgIpc) is 2.38. The van der Waals surface area contributed by atoms with Crippen molar-refractivity contribution in [3.8, 4) is 0 Å². The molecule has 1 heterocycles. The van der Waals surface area contributed by atoms with E-state index in [9.17, 15) is 9.18 Å². The lowest BCUT2D eigenvalue weighted by atomic mass is 10.0. The number of piperidine rings is 1. The first kappa shape index (κ1) is 14.8. The minimum atomic E-state index is -0.197. The molecule has 0 bridgehead atoms. The van der Waals surface area contributed by atoms with Gasteiger partial charge in [-0.15, -0.1) is 0 Å². The Kier molecular flexibility index (Phi) is 4.95. The molecule has 20 heavy (non-hydrogen) atoms. The van der Waals surface area contributed by atoms with Gasteiger partial charge in [-0.2, -0.15) is 0 Å².